The summed E-state index contributed by atoms with van der Waals surface area (Å²) in [6.07, 6.45) is 9.71. The number of rotatable bonds is 4. The van der Waals surface area contributed by atoms with Gasteiger partial charge in [0.1, 0.15) is 5.82 Å². The first kappa shape index (κ1) is 16.3. The van der Waals surface area contributed by atoms with Gasteiger partial charge in [-0.25, -0.2) is 9.50 Å². The van der Waals surface area contributed by atoms with Gasteiger partial charge in [-0.3, -0.25) is 9.69 Å². The highest BCUT2D eigenvalue weighted by Gasteiger charge is 2.22. The molecule has 4 rings (SSSR count). The molecule has 0 aromatic carbocycles. The Bertz CT molecular complexity index is 715. The number of piperazine rings is 1. The third-order valence-electron chi connectivity index (χ3n) is 5.27. The van der Waals surface area contributed by atoms with Crippen molar-refractivity contribution < 1.29 is 4.79 Å². The van der Waals surface area contributed by atoms with Gasteiger partial charge in [-0.1, -0.05) is 19.3 Å². The van der Waals surface area contributed by atoms with Crippen molar-refractivity contribution >= 4 is 17.4 Å². The third kappa shape index (κ3) is 3.92. The summed E-state index contributed by atoms with van der Waals surface area (Å²) < 4.78 is 1.80. The maximum Gasteiger partial charge on any atom is 0.234 e. The molecular weight excluding hydrogens is 316 g/mol. The van der Waals surface area contributed by atoms with Gasteiger partial charge in [0.05, 0.1) is 6.54 Å². The first-order chi connectivity index (χ1) is 12.3. The second-order valence-electron chi connectivity index (χ2n) is 7.09. The summed E-state index contributed by atoms with van der Waals surface area (Å²) >= 11 is 0. The van der Waals surface area contributed by atoms with Crippen molar-refractivity contribution in [1.82, 2.24) is 24.8 Å². The van der Waals surface area contributed by atoms with Gasteiger partial charge in [-0.05, 0) is 25.0 Å². The van der Waals surface area contributed by atoms with Crippen molar-refractivity contribution in [2.45, 2.75) is 38.1 Å². The molecule has 1 N–H and O–H groups in total. The van der Waals surface area contributed by atoms with E-state index in [0.717, 1.165) is 50.5 Å². The van der Waals surface area contributed by atoms with Crippen LogP contribution in [-0.4, -0.2) is 64.2 Å². The lowest BCUT2D eigenvalue weighted by Crippen LogP contribution is -2.51. The van der Waals surface area contributed by atoms with Crippen LogP contribution in [0.15, 0.2) is 24.5 Å². The van der Waals surface area contributed by atoms with E-state index < -0.39 is 0 Å². The Kier molecular flexibility index (Phi) is 4.83. The molecule has 2 aromatic rings. The molecule has 1 saturated heterocycles. The number of nitrogens with one attached hydrogen (secondary N) is 1. The molecule has 134 valence electrons. The SMILES string of the molecule is O=C(CN1CCN(c2ccc3nccn3n2)CC1)NC1CCCCC1. The summed E-state index contributed by atoms with van der Waals surface area (Å²) in [5.74, 6) is 1.15. The number of fused-ring (bicyclic) bond motifs is 1. The van der Waals surface area contributed by atoms with Gasteiger partial charge >= 0.3 is 0 Å². The van der Waals surface area contributed by atoms with E-state index in [4.69, 9.17) is 0 Å². The lowest BCUT2D eigenvalue weighted by Gasteiger charge is -2.35. The molecule has 2 fully saturated rings. The average molecular weight is 342 g/mol. The van der Waals surface area contributed by atoms with E-state index in [1.165, 1.54) is 19.3 Å². The van der Waals surface area contributed by atoms with E-state index in [1.54, 1.807) is 10.7 Å². The molecule has 25 heavy (non-hydrogen) atoms. The fourth-order valence-electron chi connectivity index (χ4n) is 3.83. The fourth-order valence-corrected chi connectivity index (χ4v) is 3.83. The number of carbonyl (C=O) groups excluding carboxylic acids is 1. The summed E-state index contributed by atoms with van der Waals surface area (Å²) in [6.45, 7) is 4.08. The smallest absolute Gasteiger partial charge is 0.234 e. The maximum absolute atomic E-state index is 12.3. The minimum atomic E-state index is 0.179. The van der Waals surface area contributed by atoms with Crippen molar-refractivity contribution in [2.24, 2.45) is 0 Å². The number of hydrogen-bond acceptors (Lipinski definition) is 5. The molecule has 7 nitrogen and oxygen atoms in total. The van der Waals surface area contributed by atoms with Gasteiger partial charge in [0.2, 0.25) is 5.91 Å². The van der Waals surface area contributed by atoms with Crippen molar-refractivity contribution in [1.29, 1.82) is 0 Å². The number of imidazole rings is 1. The van der Waals surface area contributed by atoms with Crippen LogP contribution in [0.5, 0.6) is 0 Å². The molecule has 3 heterocycles. The van der Waals surface area contributed by atoms with Gasteiger partial charge in [0.15, 0.2) is 5.65 Å². The van der Waals surface area contributed by atoms with E-state index in [9.17, 15) is 4.79 Å². The van der Waals surface area contributed by atoms with Gasteiger partial charge in [-0.15, -0.1) is 5.10 Å². The minimum Gasteiger partial charge on any atom is -0.353 e. The molecule has 0 spiro atoms. The van der Waals surface area contributed by atoms with E-state index in [0.29, 0.717) is 12.6 Å². The number of carbonyl (C=O) groups is 1. The predicted octanol–water partition coefficient (Wildman–Crippen LogP) is 1.30. The highest BCUT2D eigenvalue weighted by atomic mass is 16.2. The second kappa shape index (κ2) is 7.39. The first-order valence-corrected chi connectivity index (χ1v) is 9.35. The molecular formula is C18H26N6O. The zero-order chi connectivity index (χ0) is 17.1. The van der Waals surface area contributed by atoms with Crippen LogP contribution in [-0.2, 0) is 4.79 Å². The predicted molar refractivity (Wildman–Crippen MR) is 96.7 cm³/mol. The molecule has 0 atom stereocenters. The van der Waals surface area contributed by atoms with Gasteiger partial charge in [0.25, 0.3) is 0 Å². The average Bonchev–Trinajstić information content (AvgIpc) is 3.11. The van der Waals surface area contributed by atoms with Crippen molar-refractivity contribution in [3.8, 4) is 0 Å². The fraction of sp³-hybridized carbons (Fsp3) is 0.611. The van der Waals surface area contributed by atoms with Gasteiger partial charge < -0.3 is 10.2 Å². The maximum atomic E-state index is 12.3. The van der Waals surface area contributed by atoms with Crippen molar-refractivity contribution in [2.75, 3.05) is 37.6 Å². The topological polar surface area (TPSA) is 65.8 Å². The number of aromatic nitrogens is 3. The molecule has 1 amide bonds. The van der Waals surface area contributed by atoms with Gasteiger partial charge in [0, 0.05) is 44.6 Å². The Morgan fingerprint density at radius 2 is 1.92 bits per heavy atom. The largest absolute Gasteiger partial charge is 0.353 e. The Hall–Kier alpha value is -2.15. The zero-order valence-corrected chi connectivity index (χ0v) is 14.6. The first-order valence-electron chi connectivity index (χ1n) is 9.35. The highest BCUT2D eigenvalue weighted by molar-refractivity contribution is 5.78. The number of anilines is 1. The molecule has 1 aliphatic carbocycles. The normalized spacial score (nSPS) is 20.1. The van der Waals surface area contributed by atoms with Crippen LogP contribution < -0.4 is 10.2 Å². The molecule has 1 saturated carbocycles. The van der Waals surface area contributed by atoms with Crippen LogP contribution >= 0.6 is 0 Å². The summed E-state index contributed by atoms with van der Waals surface area (Å²) in [5.41, 5.74) is 0.863. The minimum absolute atomic E-state index is 0.179. The highest BCUT2D eigenvalue weighted by Crippen LogP contribution is 2.17. The molecule has 0 radical (unpaired) electrons. The van der Waals surface area contributed by atoms with E-state index >= 15 is 0 Å². The summed E-state index contributed by atoms with van der Waals surface area (Å²) in [6, 6.07) is 4.41. The molecule has 0 unspecified atom stereocenters. The summed E-state index contributed by atoms with van der Waals surface area (Å²) in [4.78, 5) is 21.0. The van der Waals surface area contributed by atoms with Crippen LogP contribution in [0.1, 0.15) is 32.1 Å². The quantitative estimate of drug-likeness (QED) is 0.907. The third-order valence-corrected chi connectivity index (χ3v) is 5.27. The lowest BCUT2D eigenvalue weighted by atomic mass is 9.95. The van der Waals surface area contributed by atoms with Crippen LogP contribution in [0, 0.1) is 0 Å². The Balaban J connectivity index is 1.26. The Morgan fingerprint density at radius 1 is 1.12 bits per heavy atom. The van der Waals surface area contributed by atoms with Crippen LogP contribution in [0.25, 0.3) is 5.65 Å². The zero-order valence-electron chi connectivity index (χ0n) is 14.6. The van der Waals surface area contributed by atoms with Crippen molar-refractivity contribution in [3.63, 3.8) is 0 Å². The lowest BCUT2D eigenvalue weighted by molar-refractivity contribution is -0.123. The monoisotopic (exact) mass is 342 g/mol. The number of amides is 1. The van der Waals surface area contributed by atoms with Gasteiger partial charge in [-0.2, -0.15) is 0 Å². The van der Waals surface area contributed by atoms with E-state index in [-0.39, 0.29) is 5.91 Å². The van der Waals surface area contributed by atoms with E-state index in [1.807, 2.05) is 18.3 Å². The Morgan fingerprint density at radius 3 is 2.72 bits per heavy atom. The second-order valence-corrected chi connectivity index (χ2v) is 7.09. The number of nitrogens with zero attached hydrogens (tertiary/aromatic N) is 5. The van der Waals surface area contributed by atoms with Crippen LogP contribution in [0.4, 0.5) is 5.82 Å². The van der Waals surface area contributed by atoms with Crippen LogP contribution in [0.2, 0.25) is 0 Å². The molecule has 0 bridgehead atoms. The summed E-state index contributed by atoms with van der Waals surface area (Å²) in [7, 11) is 0. The van der Waals surface area contributed by atoms with Crippen molar-refractivity contribution in [3.05, 3.63) is 24.5 Å². The molecule has 2 aliphatic rings. The van der Waals surface area contributed by atoms with E-state index in [2.05, 4.69) is 25.2 Å². The van der Waals surface area contributed by atoms with Crippen LogP contribution in [0.3, 0.4) is 0 Å². The molecule has 2 aromatic heterocycles. The number of hydrogen-bond donors (Lipinski definition) is 1. The summed E-state index contributed by atoms with van der Waals surface area (Å²) in [5, 5.41) is 7.81. The molecule has 7 heteroatoms. The standard InChI is InChI=1S/C18H26N6O/c25-18(20-15-4-2-1-3-5-15)14-22-10-12-23(13-11-22)17-7-6-16-19-8-9-24(16)21-17/h6-9,15H,1-5,10-14H2,(H,20,25). The molecule has 1 aliphatic heterocycles. The Labute approximate surface area is 148 Å².